The summed E-state index contributed by atoms with van der Waals surface area (Å²) in [4.78, 5) is 10.4. The van der Waals surface area contributed by atoms with Crippen molar-refractivity contribution in [3.05, 3.63) is 75.8 Å². The molecule has 6 heteroatoms. The number of non-ortho nitro benzene ring substituents is 1. The highest BCUT2D eigenvalue weighted by molar-refractivity contribution is 5.35. The molecule has 1 aliphatic heterocycles. The first kappa shape index (κ1) is 14.6. The van der Waals surface area contributed by atoms with E-state index in [2.05, 4.69) is 5.32 Å². The summed E-state index contributed by atoms with van der Waals surface area (Å²) in [5.74, 6) is 0. The third kappa shape index (κ3) is 2.99. The van der Waals surface area contributed by atoms with Crippen molar-refractivity contribution >= 4 is 5.69 Å². The van der Waals surface area contributed by atoms with Crippen molar-refractivity contribution in [2.24, 2.45) is 0 Å². The number of hydrogen-bond acceptors (Lipinski definition) is 5. The van der Waals surface area contributed by atoms with Crippen LogP contribution in [0.3, 0.4) is 0 Å². The molecular weight excluding hydrogens is 284 g/mol. The molecule has 6 nitrogen and oxygen atoms in total. The van der Waals surface area contributed by atoms with Crippen molar-refractivity contribution in [1.82, 2.24) is 5.32 Å². The summed E-state index contributed by atoms with van der Waals surface area (Å²) in [5.41, 5.74) is 1.51. The lowest BCUT2D eigenvalue weighted by atomic mass is 10.0. The van der Waals surface area contributed by atoms with Gasteiger partial charge in [-0.25, -0.2) is 0 Å². The van der Waals surface area contributed by atoms with Crippen LogP contribution in [0.4, 0.5) is 5.69 Å². The fourth-order valence-electron chi connectivity index (χ4n) is 2.55. The molecule has 0 spiro atoms. The van der Waals surface area contributed by atoms with Gasteiger partial charge in [0.15, 0.2) is 0 Å². The first-order chi connectivity index (χ1) is 10.6. The molecule has 0 bridgehead atoms. The molecule has 1 unspecified atom stereocenters. The van der Waals surface area contributed by atoms with E-state index in [-0.39, 0.29) is 11.7 Å². The summed E-state index contributed by atoms with van der Waals surface area (Å²) in [7, 11) is 0. The van der Waals surface area contributed by atoms with E-state index in [1.54, 1.807) is 12.1 Å². The average Bonchev–Trinajstić information content (AvgIpc) is 3.05. The van der Waals surface area contributed by atoms with E-state index in [1.165, 1.54) is 12.1 Å². The molecule has 0 aliphatic carbocycles. The minimum atomic E-state index is -0.690. The third-order valence-corrected chi connectivity index (χ3v) is 3.71. The Morgan fingerprint density at radius 3 is 2.73 bits per heavy atom. The zero-order valence-corrected chi connectivity index (χ0v) is 11.8. The van der Waals surface area contributed by atoms with Crippen LogP contribution in [0.25, 0.3) is 0 Å². The van der Waals surface area contributed by atoms with Gasteiger partial charge >= 0.3 is 0 Å². The molecule has 1 aliphatic rings. The first-order valence-corrected chi connectivity index (χ1v) is 7.00. The Morgan fingerprint density at radius 1 is 1.23 bits per heavy atom. The number of rotatable bonds is 4. The maximum Gasteiger partial charge on any atom is 0.269 e. The van der Waals surface area contributed by atoms with Gasteiger partial charge in [0.1, 0.15) is 6.23 Å². The Balaban J connectivity index is 1.72. The van der Waals surface area contributed by atoms with Crippen LogP contribution in [0.5, 0.6) is 0 Å². The zero-order valence-electron chi connectivity index (χ0n) is 11.8. The van der Waals surface area contributed by atoms with Crippen molar-refractivity contribution in [1.29, 1.82) is 0 Å². The van der Waals surface area contributed by atoms with Crippen molar-refractivity contribution in [3.8, 4) is 0 Å². The molecule has 3 atom stereocenters. The molecule has 2 aromatic carbocycles. The van der Waals surface area contributed by atoms with E-state index in [9.17, 15) is 15.2 Å². The monoisotopic (exact) mass is 300 g/mol. The van der Waals surface area contributed by atoms with Gasteiger partial charge < -0.3 is 9.84 Å². The first-order valence-electron chi connectivity index (χ1n) is 7.00. The van der Waals surface area contributed by atoms with Gasteiger partial charge in [0.2, 0.25) is 0 Å². The molecule has 114 valence electrons. The topological polar surface area (TPSA) is 84.6 Å². The second-order valence-corrected chi connectivity index (χ2v) is 5.19. The number of aliphatic hydroxyl groups excluding tert-OH is 1. The predicted octanol–water partition coefficient (Wildman–Crippen LogP) is 2.32. The van der Waals surface area contributed by atoms with E-state index in [4.69, 9.17) is 4.74 Å². The smallest absolute Gasteiger partial charge is 0.269 e. The maximum absolute atomic E-state index is 10.8. The van der Waals surface area contributed by atoms with Crippen LogP contribution in [0.2, 0.25) is 0 Å². The number of nitrogens with zero attached hydrogens (tertiary/aromatic N) is 1. The molecule has 0 aromatic heterocycles. The highest BCUT2D eigenvalue weighted by Gasteiger charge is 2.32. The van der Waals surface area contributed by atoms with Crippen molar-refractivity contribution < 1.29 is 14.8 Å². The second-order valence-electron chi connectivity index (χ2n) is 5.19. The normalized spacial score (nSPS) is 22.4. The largest absolute Gasteiger partial charge is 0.387 e. The number of benzene rings is 2. The van der Waals surface area contributed by atoms with Crippen LogP contribution in [-0.2, 0) is 4.74 Å². The lowest BCUT2D eigenvalue weighted by molar-refractivity contribution is -0.385. The van der Waals surface area contributed by atoms with Gasteiger partial charge in [-0.15, -0.1) is 0 Å². The highest BCUT2D eigenvalue weighted by Crippen LogP contribution is 2.28. The molecule has 1 heterocycles. The summed E-state index contributed by atoms with van der Waals surface area (Å²) in [6.45, 7) is 0.337. The van der Waals surface area contributed by atoms with E-state index in [0.29, 0.717) is 12.2 Å². The van der Waals surface area contributed by atoms with Crippen LogP contribution in [0.1, 0.15) is 23.5 Å². The summed E-state index contributed by atoms with van der Waals surface area (Å²) in [5, 5.41) is 24.4. The molecule has 1 fully saturated rings. The van der Waals surface area contributed by atoms with Gasteiger partial charge in [0.25, 0.3) is 5.69 Å². The van der Waals surface area contributed by atoms with Gasteiger partial charge in [0.05, 0.1) is 23.7 Å². The van der Waals surface area contributed by atoms with E-state index in [1.807, 2.05) is 30.3 Å². The lowest BCUT2D eigenvalue weighted by Gasteiger charge is -2.18. The molecule has 2 aromatic rings. The van der Waals surface area contributed by atoms with Crippen LogP contribution in [0, 0.1) is 10.1 Å². The molecule has 2 N–H and O–H groups in total. The maximum atomic E-state index is 10.8. The quantitative estimate of drug-likeness (QED) is 0.668. The molecule has 0 amide bonds. The Kier molecular flexibility index (Phi) is 4.15. The van der Waals surface area contributed by atoms with Crippen LogP contribution >= 0.6 is 0 Å². The molecule has 1 saturated heterocycles. The SMILES string of the molecule is O=[N+]([O-])c1cccc([C@H]2N[C@H](C(O)c3ccccc3)CO2)c1. The fourth-order valence-corrected chi connectivity index (χ4v) is 2.55. The number of ether oxygens (including phenoxy) is 1. The molecule has 22 heavy (non-hydrogen) atoms. The fraction of sp³-hybridized carbons (Fsp3) is 0.250. The summed E-state index contributed by atoms with van der Waals surface area (Å²) in [6, 6.07) is 15.4. The van der Waals surface area contributed by atoms with Gasteiger partial charge in [-0.2, -0.15) is 0 Å². The molecular formula is C16H16N2O4. The van der Waals surface area contributed by atoms with Crippen LogP contribution in [-0.4, -0.2) is 22.7 Å². The van der Waals surface area contributed by atoms with Gasteiger partial charge in [-0.3, -0.25) is 15.4 Å². The summed E-state index contributed by atoms with van der Waals surface area (Å²) in [6.07, 6.45) is -1.15. The highest BCUT2D eigenvalue weighted by atomic mass is 16.6. The van der Waals surface area contributed by atoms with E-state index >= 15 is 0 Å². The Hall–Kier alpha value is -2.28. The second kappa shape index (κ2) is 6.23. The molecule has 0 radical (unpaired) electrons. The molecule has 3 rings (SSSR count). The van der Waals surface area contributed by atoms with E-state index in [0.717, 1.165) is 5.56 Å². The third-order valence-electron chi connectivity index (χ3n) is 3.71. The predicted molar refractivity (Wildman–Crippen MR) is 80.1 cm³/mol. The Bertz CT molecular complexity index is 662. The van der Waals surface area contributed by atoms with Crippen molar-refractivity contribution in [2.75, 3.05) is 6.61 Å². The Labute approximate surface area is 127 Å². The number of nitro groups is 1. The van der Waals surface area contributed by atoms with Crippen molar-refractivity contribution in [2.45, 2.75) is 18.4 Å². The average molecular weight is 300 g/mol. The van der Waals surface area contributed by atoms with Gasteiger partial charge in [0, 0.05) is 17.7 Å². The minimum Gasteiger partial charge on any atom is -0.387 e. The lowest BCUT2D eigenvalue weighted by Crippen LogP contribution is -2.32. The summed E-state index contributed by atoms with van der Waals surface area (Å²) >= 11 is 0. The van der Waals surface area contributed by atoms with Crippen LogP contribution < -0.4 is 5.32 Å². The summed E-state index contributed by atoms with van der Waals surface area (Å²) < 4.78 is 5.64. The standard InChI is InChI=1S/C16H16N2O4/c19-15(11-5-2-1-3-6-11)14-10-22-16(17-14)12-7-4-8-13(9-12)18(20)21/h1-9,14-17,19H,10H2/t14-,15?,16-/m0/s1. The number of nitrogens with one attached hydrogen (secondary N) is 1. The van der Waals surface area contributed by atoms with E-state index < -0.39 is 17.3 Å². The van der Waals surface area contributed by atoms with Crippen molar-refractivity contribution in [3.63, 3.8) is 0 Å². The van der Waals surface area contributed by atoms with Crippen LogP contribution in [0.15, 0.2) is 54.6 Å². The van der Waals surface area contributed by atoms with Gasteiger partial charge in [-0.05, 0) is 5.56 Å². The Morgan fingerprint density at radius 2 is 2.00 bits per heavy atom. The van der Waals surface area contributed by atoms with Gasteiger partial charge in [-0.1, -0.05) is 42.5 Å². The minimum absolute atomic E-state index is 0.0231. The number of aliphatic hydroxyl groups is 1. The number of nitro benzene ring substituents is 1. The zero-order chi connectivity index (χ0) is 15.5. The molecule has 0 saturated carbocycles. The number of hydrogen-bond donors (Lipinski definition) is 2.